The van der Waals surface area contributed by atoms with Crippen molar-refractivity contribution in [1.82, 2.24) is 0 Å². The van der Waals surface area contributed by atoms with Crippen LogP contribution in [0.15, 0.2) is 36.4 Å². The van der Waals surface area contributed by atoms with E-state index in [0.29, 0.717) is 0 Å². The maximum absolute atomic E-state index is 3.19. The zero-order valence-electron chi connectivity index (χ0n) is 12.4. The van der Waals surface area contributed by atoms with Crippen molar-refractivity contribution in [3.8, 4) is 0 Å². The Morgan fingerprint density at radius 3 is 2.37 bits per heavy atom. The Hall–Kier alpha value is -1.24. The van der Waals surface area contributed by atoms with Crippen LogP contribution in [0, 0.1) is 5.92 Å². The van der Waals surface area contributed by atoms with Crippen molar-refractivity contribution in [3.63, 3.8) is 0 Å². The Balaban J connectivity index is 1.81. The summed E-state index contributed by atoms with van der Waals surface area (Å²) in [5.74, 6) is 1.76. The highest BCUT2D eigenvalue weighted by molar-refractivity contribution is 5.44. The molecule has 1 nitrogen and oxygen atoms in total. The standard InChI is InChI=1S/C18H27N/c1-3-4-5-6-15-7-9-16(10-8-15)17-11-13-18(19-2)14-12-17/h3-4,11-16,19H,5-10H2,1-2H3/b4-3+. The lowest BCUT2D eigenvalue weighted by Crippen LogP contribution is -2.13. The minimum absolute atomic E-state index is 0.795. The number of anilines is 1. The lowest BCUT2D eigenvalue weighted by molar-refractivity contribution is 0.312. The molecule has 1 aliphatic rings. The third-order valence-electron chi connectivity index (χ3n) is 4.49. The molecule has 0 bridgehead atoms. The maximum Gasteiger partial charge on any atom is 0.0337 e. The van der Waals surface area contributed by atoms with Gasteiger partial charge in [0.15, 0.2) is 0 Å². The van der Waals surface area contributed by atoms with Crippen LogP contribution in [-0.4, -0.2) is 7.05 Å². The van der Waals surface area contributed by atoms with E-state index in [9.17, 15) is 0 Å². The highest BCUT2D eigenvalue weighted by Crippen LogP contribution is 2.37. The molecule has 0 aliphatic heterocycles. The van der Waals surface area contributed by atoms with Gasteiger partial charge in [0.1, 0.15) is 0 Å². The summed E-state index contributed by atoms with van der Waals surface area (Å²) in [6, 6.07) is 9.01. The van der Waals surface area contributed by atoms with Gasteiger partial charge >= 0.3 is 0 Å². The van der Waals surface area contributed by atoms with E-state index < -0.39 is 0 Å². The highest BCUT2D eigenvalue weighted by atomic mass is 14.8. The molecule has 0 amide bonds. The fraction of sp³-hybridized carbons (Fsp3) is 0.556. The van der Waals surface area contributed by atoms with Crippen LogP contribution in [0.4, 0.5) is 5.69 Å². The average Bonchev–Trinajstić information content (AvgIpc) is 2.48. The van der Waals surface area contributed by atoms with E-state index in [4.69, 9.17) is 0 Å². The fourth-order valence-corrected chi connectivity index (χ4v) is 3.21. The van der Waals surface area contributed by atoms with Crippen LogP contribution < -0.4 is 5.32 Å². The summed E-state index contributed by atoms with van der Waals surface area (Å²) in [5, 5.41) is 3.19. The van der Waals surface area contributed by atoms with E-state index in [-0.39, 0.29) is 0 Å². The molecule has 1 fully saturated rings. The van der Waals surface area contributed by atoms with Crippen LogP contribution in [0.5, 0.6) is 0 Å². The molecule has 1 N–H and O–H groups in total. The van der Waals surface area contributed by atoms with Crippen molar-refractivity contribution >= 4 is 5.69 Å². The fourth-order valence-electron chi connectivity index (χ4n) is 3.21. The molecule has 0 spiro atoms. The summed E-state index contributed by atoms with van der Waals surface area (Å²) in [4.78, 5) is 0. The Morgan fingerprint density at radius 2 is 1.79 bits per heavy atom. The molecule has 104 valence electrons. The normalized spacial score (nSPS) is 23.7. The lowest BCUT2D eigenvalue weighted by atomic mass is 9.77. The molecule has 1 aromatic rings. The zero-order chi connectivity index (χ0) is 13.5. The summed E-state index contributed by atoms with van der Waals surface area (Å²) >= 11 is 0. The molecule has 0 saturated heterocycles. The lowest BCUT2D eigenvalue weighted by Gasteiger charge is -2.28. The first-order valence-electron chi connectivity index (χ1n) is 7.72. The summed E-state index contributed by atoms with van der Waals surface area (Å²) in [6.45, 7) is 2.12. The van der Waals surface area contributed by atoms with Crippen molar-refractivity contribution in [2.24, 2.45) is 5.92 Å². The summed E-state index contributed by atoms with van der Waals surface area (Å²) in [5.41, 5.74) is 2.75. The van der Waals surface area contributed by atoms with Crippen molar-refractivity contribution in [1.29, 1.82) is 0 Å². The number of hydrogen-bond donors (Lipinski definition) is 1. The molecule has 2 rings (SSSR count). The molecule has 1 heteroatoms. The minimum atomic E-state index is 0.795. The van der Waals surface area contributed by atoms with Crippen LogP contribution in [0.2, 0.25) is 0 Å². The topological polar surface area (TPSA) is 12.0 Å². The second-order valence-corrected chi connectivity index (χ2v) is 5.74. The molecule has 0 heterocycles. The largest absolute Gasteiger partial charge is 0.388 e. The van der Waals surface area contributed by atoms with Gasteiger partial charge in [0, 0.05) is 12.7 Å². The van der Waals surface area contributed by atoms with E-state index in [1.165, 1.54) is 49.8 Å². The van der Waals surface area contributed by atoms with E-state index in [0.717, 1.165) is 11.8 Å². The average molecular weight is 257 g/mol. The van der Waals surface area contributed by atoms with Gasteiger partial charge in [0.05, 0.1) is 0 Å². The summed E-state index contributed by atoms with van der Waals surface area (Å²) < 4.78 is 0. The van der Waals surface area contributed by atoms with E-state index >= 15 is 0 Å². The van der Waals surface area contributed by atoms with Gasteiger partial charge in [-0.15, -0.1) is 0 Å². The van der Waals surface area contributed by atoms with Gasteiger partial charge < -0.3 is 5.32 Å². The van der Waals surface area contributed by atoms with Crippen molar-refractivity contribution in [2.75, 3.05) is 12.4 Å². The monoisotopic (exact) mass is 257 g/mol. The van der Waals surface area contributed by atoms with Crippen LogP contribution in [0.1, 0.15) is 56.9 Å². The molecule has 0 unspecified atom stereocenters. The van der Waals surface area contributed by atoms with Crippen molar-refractivity contribution in [2.45, 2.75) is 51.4 Å². The smallest absolute Gasteiger partial charge is 0.0337 e. The maximum atomic E-state index is 3.19. The molecule has 1 aliphatic carbocycles. The van der Waals surface area contributed by atoms with Crippen molar-refractivity contribution in [3.05, 3.63) is 42.0 Å². The molecule has 1 saturated carbocycles. The van der Waals surface area contributed by atoms with Gasteiger partial charge in [0.25, 0.3) is 0 Å². The van der Waals surface area contributed by atoms with Crippen LogP contribution >= 0.6 is 0 Å². The van der Waals surface area contributed by atoms with Crippen LogP contribution in [0.3, 0.4) is 0 Å². The van der Waals surface area contributed by atoms with Gasteiger partial charge in [-0.1, -0.05) is 24.3 Å². The van der Waals surface area contributed by atoms with E-state index in [1.54, 1.807) is 0 Å². The second-order valence-electron chi connectivity index (χ2n) is 5.74. The first-order chi connectivity index (χ1) is 9.33. The third kappa shape index (κ3) is 4.12. The van der Waals surface area contributed by atoms with Gasteiger partial charge in [-0.25, -0.2) is 0 Å². The Labute approximate surface area is 118 Å². The first kappa shape index (κ1) is 14.2. The number of nitrogens with one attached hydrogen (secondary N) is 1. The van der Waals surface area contributed by atoms with Crippen LogP contribution in [-0.2, 0) is 0 Å². The third-order valence-corrected chi connectivity index (χ3v) is 4.49. The summed E-state index contributed by atoms with van der Waals surface area (Å²) in [6.07, 6.45) is 12.7. The molecular weight excluding hydrogens is 230 g/mol. The molecular formula is C18H27N. The molecule has 0 atom stereocenters. The zero-order valence-corrected chi connectivity index (χ0v) is 12.4. The number of hydrogen-bond acceptors (Lipinski definition) is 1. The SMILES string of the molecule is C/C=C/CCC1CCC(c2ccc(NC)cc2)CC1. The minimum Gasteiger partial charge on any atom is -0.388 e. The van der Waals surface area contributed by atoms with Gasteiger partial charge in [-0.05, 0) is 75.0 Å². The van der Waals surface area contributed by atoms with E-state index in [2.05, 4.69) is 48.7 Å². The number of rotatable bonds is 5. The Kier molecular flexibility index (Phi) is 5.50. The molecule has 1 aromatic carbocycles. The van der Waals surface area contributed by atoms with Gasteiger partial charge in [0.2, 0.25) is 0 Å². The highest BCUT2D eigenvalue weighted by Gasteiger charge is 2.21. The molecule has 0 aromatic heterocycles. The van der Waals surface area contributed by atoms with Crippen LogP contribution in [0.25, 0.3) is 0 Å². The quantitative estimate of drug-likeness (QED) is 0.700. The number of allylic oxidation sites excluding steroid dienone is 2. The van der Waals surface area contributed by atoms with Gasteiger partial charge in [-0.3, -0.25) is 0 Å². The first-order valence-corrected chi connectivity index (χ1v) is 7.72. The Morgan fingerprint density at radius 1 is 1.11 bits per heavy atom. The predicted molar refractivity (Wildman–Crippen MR) is 84.7 cm³/mol. The summed E-state index contributed by atoms with van der Waals surface area (Å²) in [7, 11) is 1.98. The molecule has 19 heavy (non-hydrogen) atoms. The van der Waals surface area contributed by atoms with Crippen molar-refractivity contribution < 1.29 is 0 Å². The van der Waals surface area contributed by atoms with E-state index in [1.807, 2.05) is 7.05 Å². The molecule has 0 radical (unpaired) electrons. The number of benzene rings is 1. The Bertz CT molecular complexity index is 383. The second kappa shape index (κ2) is 7.37. The van der Waals surface area contributed by atoms with Gasteiger partial charge in [-0.2, -0.15) is 0 Å². The predicted octanol–water partition coefficient (Wildman–Crippen LogP) is 5.36.